The van der Waals surface area contributed by atoms with Gasteiger partial charge in [-0.2, -0.15) is 0 Å². The highest BCUT2D eigenvalue weighted by molar-refractivity contribution is 5.90. The molecule has 1 aliphatic heterocycles. The molecule has 0 aliphatic carbocycles. The molecule has 0 aromatic heterocycles. The molecule has 0 aromatic rings. The Bertz CT molecular complexity index is 270. The SMILES string of the molecule is C=CN1CCC(=O)C1C=CC(=O)O. The molecule has 1 heterocycles. The van der Waals surface area contributed by atoms with Crippen LogP contribution in [-0.2, 0) is 9.59 Å². The van der Waals surface area contributed by atoms with E-state index in [4.69, 9.17) is 5.11 Å². The minimum atomic E-state index is -1.04. The van der Waals surface area contributed by atoms with Crippen molar-refractivity contribution in [3.63, 3.8) is 0 Å². The molecule has 1 saturated heterocycles. The first-order valence-electron chi connectivity index (χ1n) is 3.97. The van der Waals surface area contributed by atoms with Crippen LogP contribution in [0.4, 0.5) is 0 Å². The van der Waals surface area contributed by atoms with Crippen molar-refractivity contribution in [3.05, 3.63) is 24.9 Å². The van der Waals surface area contributed by atoms with Crippen molar-refractivity contribution in [2.45, 2.75) is 12.5 Å². The van der Waals surface area contributed by atoms with E-state index in [1.54, 1.807) is 11.1 Å². The van der Waals surface area contributed by atoms with E-state index in [1.165, 1.54) is 6.08 Å². The van der Waals surface area contributed by atoms with Gasteiger partial charge in [0.05, 0.1) is 0 Å². The Kier molecular flexibility index (Phi) is 2.84. The second-order valence-corrected chi connectivity index (χ2v) is 2.78. The summed E-state index contributed by atoms with van der Waals surface area (Å²) >= 11 is 0. The van der Waals surface area contributed by atoms with E-state index in [2.05, 4.69) is 6.58 Å². The Morgan fingerprint density at radius 3 is 2.92 bits per heavy atom. The standard InChI is InChI=1S/C9H11NO3/c1-2-10-6-5-8(11)7(10)3-4-9(12)13/h2-4,7H,1,5-6H2,(H,12,13). The van der Waals surface area contributed by atoms with Gasteiger partial charge < -0.3 is 10.0 Å². The maximum absolute atomic E-state index is 11.2. The van der Waals surface area contributed by atoms with Crippen LogP contribution in [0.25, 0.3) is 0 Å². The summed E-state index contributed by atoms with van der Waals surface area (Å²) in [7, 11) is 0. The van der Waals surface area contributed by atoms with Crippen molar-refractivity contribution in [1.29, 1.82) is 0 Å². The molecule has 1 rings (SSSR count). The lowest BCUT2D eigenvalue weighted by molar-refractivity contribution is -0.131. The summed E-state index contributed by atoms with van der Waals surface area (Å²) in [5, 5.41) is 8.38. The van der Waals surface area contributed by atoms with E-state index in [0.717, 1.165) is 6.08 Å². The number of carboxylic acids is 1. The van der Waals surface area contributed by atoms with E-state index < -0.39 is 12.0 Å². The molecular formula is C9H11NO3. The highest BCUT2D eigenvalue weighted by atomic mass is 16.4. The summed E-state index contributed by atoms with van der Waals surface area (Å²) in [6.07, 6.45) is 4.39. The van der Waals surface area contributed by atoms with E-state index in [1.807, 2.05) is 0 Å². The number of nitrogens with zero attached hydrogens (tertiary/aromatic N) is 1. The summed E-state index contributed by atoms with van der Waals surface area (Å²) in [5.41, 5.74) is 0. The van der Waals surface area contributed by atoms with Gasteiger partial charge in [0.25, 0.3) is 0 Å². The van der Waals surface area contributed by atoms with E-state index in [0.29, 0.717) is 13.0 Å². The molecule has 0 radical (unpaired) electrons. The monoisotopic (exact) mass is 181 g/mol. The molecular weight excluding hydrogens is 170 g/mol. The third-order valence-electron chi connectivity index (χ3n) is 1.96. The van der Waals surface area contributed by atoms with Crippen LogP contribution in [0.1, 0.15) is 6.42 Å². The number of hydrogen-bond acceptors (Lipinski definition) is 3. The minimum Gasteiger partial charge on any atom is -0.478 e. The zero-order valence-electron chi connectivity index (χ0n) is 7.14. The highest BCUT2D eigenvalue weighted by Gasteiger charge is 2.27. The third-order valence-corrected chi connectivity index (χ3v) is 1.96. The van der Waals surface area contributed by atoms with E-state index in [9.17, 15) is 9.59 Å². The fourth-order valence-electron chi connectivity index (χ4n) is 1.31. The highest BCUT2D eigenvalue weighted by Crippen LogP contribution is 2.14. The molecule has 13 heavy (non-hydrogen) atoms. The topological polar surface area (TPSA) is 57.6 Å². The lowest BCUT2D eigenvalue weighted by Crippen LogP contribution is -2.26. The fraction of sp³-hybridized carbons (Fsp3) is 0.333. The second kappa shape index (κ2) is 3.89. The number of likely N-dealkylation sites (tertiary alicyclic amines) is 1. The first kappa shape index (κ1) is 9.51. The smallest absolute Gasteiger partial charge is 0.328 e. The van der Waals surface area contributed by atoms with Crippen molar-refractivity contribution in [2.75, 3.05) is 6.54 Å². The molecule has 4 heteroatoms. The van der Waals surface area contributed by atoms with Gasteiger partial charge in [0.2, 0.25) is 0 Å². The average Bonchev–Trinajstić information content (AvgIpc) is 2.43. The normalized spacial score (nSPS) is 22.6. The van der Waals surface area contributed by atoms with Gasteiger partial charge in [-0.1, -0.05) is 6.58 Å². The zero-order valence-corrected chi connectivity index (χ0v) is 7.14. The van der Waals surface area contributed by atoms with E-state index in [-0.39, 0.29) is 5.78 Å². The molecule has 1 atom stereocenters. The Hall–Kier alpha value is -1.58. The van der Waals surface area contributed by atoms with Gasteiger partial charge in [0.15, 0.2) is 5.78 Å². The van der Waals surface area contributed by atoms with Crippen LogP contribution in [0.3, 0.4) is 0 Å². The first-order valence-corrected chi connectivity index (χ1v) is 3.97. The van der Waals surface area contributed by atoms with E-state index >= 15 is 0 Å². The van der Waals surface area contributed by atoms with Gasteiger partial charge in [-0.25, -0.2) is 4.79 Å². The summed E-state index contributed by atoms with van der Waals surface area (Å²) < 4.78 is 0. The second-order valence-electron chi connectivity index (χ2n) is 2.78. The number of Topliss-reactive ketones (excluding diaryl/α,β-unsaturated/α-hetero) is 1. The molecule has 0 bridgehead atoms. The molecule has 1 N–H and O–H groups in total. The Labute approximate surface area is 76.2 Å². The summed E-state index contributed by atoms with van der Waals surface area (Å²) in [4.78, 5) is 23.2. The van der Waals surface area contributed by atoms with Gasteiger partial charge in [0.1, 0.15) is 6.04 Å². The minimum absolute atomic E-state index is 0.0393. The predicted molar refractivity (Wildman–Crippen MR) is 47.1 cm³/mol. The Morgan fingerprint density at radius 2 is 2.38 bits per heavy atom. The van der Waals surface area contributed by atoms with Crippen LogP contribution in [0, 0.1) is 0 Å². The third kappa shape index (κ3) is 2.18. The quantitative estimate of drug-likeness (QED) is 0.641. The molecule has 0 saturated carbocycles. The van der Waals surface area contributed by atoms with Crippen molar-refractivity contribution >= 4 is 11.8 Å². The zero-order chi connectivity index (χ0) is 9.84. The summed E-state index contributed by atoms with van der Waals surface area (Å²) in [5.74, 6) is -0.999. The van der Waals surface area contributed by atoms with Crippen LogP contribution in [-0.4, -0.2) is 34.3 Å². The molecule has 4 nitrogen and oxygen atoms in total. The number of carbonyl (C=O) groups is 2. The predicted octanol–water partition coefficient (Wildman–Crippen LogP) is 0.414. The van der Waals surface area contributed by atoms with Gasteiger partial charge >= 0.3 is 5.97 Å². The van der Waals surface area contributed by atoms with Gasteiger partial charge in [0, 0.05) is 19.0 Å². The number of carboxylic acid groups (broad SMARTS) is 1. The van der Waals surface area contributed by atoms with Crippen molar-refractivity contribution in [3.8, 4) is 0 Å². The maximum atomic E-state index is 11.2. The average molecular weight is 181 g/mol. The van der Waals surface area contributed by atoms with Gasteiger partial charge in [-0.05, 0) is 12.3 Å². The van der Waals surface area contributed by atoms with Crippen LogP contribution in [0.2, 0.25) is 0 Å². The molecule has 0 amide bonds. The molecule has 1 aliphatic rings. The fourth-order valence-corrected chi connectivity index (χ4v) is 1.31. The molecule has 0 aromatic carbocycles. The number of aliphatic carboxylic acids is 1. The Balaban J connectivity index is 2.70. The van der Waals surface area contributed by atoms with Gasteiger partial charge in [-0.15, -0.1) is 0 Å². The molecule has 1 fully saturated rings. The van der Waals surface area contributed by atoms with Gasteiger partial charge in [-0.3, -0.25) is 4.79 Å². The van der Waals surface area contributed by atoms with Crippen LogP contribution in [0.5, 0.6) is 0 Å². The van der Waals surface area contributed by atoms with Crippen molar-refractivity contribution in [2.24, 2.45) is 0 Å². The van der Waals surface area contributed by atoms with Crippen LogP contribution in [0.15, 0.2) is 24.9 Å². The first-order chi connectivity index (χ1) is 6.15. The molecule has 70 valence electrons. The number of ketones is 1. The lowest BCUT2D eigenvalue weighted by atomic mass is 10.2. The van der Waals surface area contributed by atoms with Crippen molar-refractivity contribution < 1.29 is 14.7 Å². The number of rotatable bonds is 3. The molecule has 0 spiro atoms. The molecule has 1 unspecified atom stereocenters. The maximum Gasteiger partial charge on any atom is 0.328 e. The Morgan fingerprint density at radius 1 is 1.69 bits per heavy atom. The van der Waals surface area contributed by atoms with Crippen molar-refractivity contribution in [1.82, 2.24) is 4.90 Å². The largest absolute Gasteiger partial charge is 0.478 e. The number of hydrogen-bond donors (Lipinski definition) is 1. The van der Waals surface area contributed by atoms with Crippen LogP contribution < -0.4 is 0 Å². The number of carbonyl (C=O) groups excluding carboxylic acids is 1. The lowest BCUT2D eigenvalue weighted by Gasteiger charge is -2.16. The summed E-state index contributed by atoms with van der Waals surface area (Å²) in [6.45, 7) is 4.17. The summed E-state index contributed by atoms with van der Waals surface area (Å²) in [6, 6.07) is -0.436. The van der Waals surface area contributed by atoms with Crippen LogP contribution >= 0.6 is 0 Å².